The maximum atomic E-state index is 5.55. The molecular weight excluding hydrogens is 434 g/mol. The summed E-state index contributed by atoms with van der Waals surface area (Å²) in [4.78, 5) is 14.3. The molecule has 0 spiro atoms. The Morgan fingerprint density at radius 1 is 1.06 bits per heavy atom. The van der Waals surface area contributed by atoms with Crippen molar-refractivity contribution in [3.05, 3.63) is 53.9 Å². The van der Waals surface area contributed by atoms with Crippen molar-refractivity contribution in [2.45, 2.75) is 13.1 Å². The fourth-order valence-corrected chi connectivity index (χ4v) is 4.08. The van der Waals surface area contributed by atoms with Gasteiger partial charge >= 0.3 is 0 Å². The minimum absolute atomic E-state index is 0.534. The Morgan fingerprint density at radius 2 is 1.88 bits per heavy atom. The molecular formula is C24H29N7O3. The molecule has 10 heteroatoms. The van der Waals surface area contributed by atoms with Crippen LogP contribution in [0.2, 0.25) is 0 Å². The lowest BCUT2D eigenvalue weighted by atomic mass is 10.2. The van der Waals surface area contributed by atoms with Crippen molar-refractivity contribution in [3.8, 4) is 23.1 Å². The monoisotopic (exact) mass is 463 g/mol. The summed E-state index contributed by atoms with van der Waals surface area (Å²) in [5.41, 5.74) is 2.84. The molecule has 1 fully saturated rings. The van der Waals surface area contributed by atoms with Gasteiger partial charge in [0.2, 0.25) is 11.8 Å². The number of piperazine rings is 1. The second-order valence-corrected chi connectivity index (χ2v) is 8.38. The van der Waals surface area contributed by atoms with Crippen molar-refractivity contribution >= 4 is 11.6 Å². The Hall–Kier alpha value is -3.63. The summed E-state index contributed by atoms with van der Waals surface area (Å²) in [7, 11) is 5.41. The van der Waals surface area contributed by atoms with E-state index in [1.807, 2.05) is 36.5 Å². The molecule has 1 aliphatic heterocycles. The Kier molecular flexibility index (Phi) is 6.33. The van der Waals surface area contributed by atoms with Crippen molar-refractivity contribution in [3.63, 3.8) is 0 Å². The number of hydrogen-bond acceptors (Lipinski definition) is 9. The molecule has 0 amide bonds. The molecule has 0 aliphatic carbocycles. The summed E-state index contributed by atoms with van der Waals surface area (Å²) in [6, 6.07) is 9.52. The Balaban J connectivity index is 1.43. The predicted octanol–water partition coefficient (Wildman–Crippen LogP) is 2.76. The number of furan rings is 1. The molecule has 1 N–H and O–H groups in total. The standard InChI is InChI=1S/C24H29N7O3/c1-29-8-10-30(11-9-29)16-18-15-26-24(25-14-17-6-7-19(32-2)21(13-17)33-3)31-23(18)27-22(28-31)20-5-4-12-34-20/h4-7,12-13,15H,8-11,14,16H2,1-3H3,(H,25,26). The van der Waals surface area contributed by atoms with E-state index in [1.165, 1.54) is 0 Å². The van der Waals surface area contributed by atoms with Crippen LogP contribution in [-0.4, -0.2) is 76.8 Å². The molecule has 4 aromatic rings. The largest absolute Gasteiger partial charge is 0.493 e. The van der Waals surface area contributed by atoms with E-state index >= 15 is 0 Å². The van der Waals surface area contributed by atoms with Crippen molar-refractivity contribution in [2.75, 3.05) is 52.8 Å². The van der Waals surface area contributed by atoms with E-state index in [9.17, 15) is 0 Å². The molecule has 1 aliphatic rings. The van der Waals surface area contributed by atoms with E-state index in [2.05, 4.69) is 22.2 Å². The number of ether oxygens (including phenoxy) is 2. The quantitative estimate of drug-likeness (QED) is 0.423. The molecule has 1 aromatic carbocycles. The van der Waals surface area contributed by atoms with Gasteiger partial charge in [0.25, 0.3) is 0 Å². The van der Waals surface area contributed by atoms with Gasteiger partial charge in [-0.2, -0.15) is 4.52 Å². The van der Waals surface area contributed by atoms with E-state index in [-0.39, 0.29) is 0 Å². The number of benzene rings is 1. The molecule has 0 radical (unpaired) electrons. The molecule has 0 unspecified atom stereocenters. The zero-order chi connectivity index (χ0) is 23.5. The van der Waals surface area contributed by atoms with E-state index in [4.69, 9.17) is 29.0 Å². The second kappa shape index (κ2) is 9.70. The first kappa shape index (κ1) is 22.2. The van der Waals surface area contributed by atoms with E-state index in [0.717, 1.165) is 49.5 Å². The van der Waals surface area contributed by atoms with Crippen LogP contribution in [0.1, 0.15) is 11.1 Å². The number of anilines is 1. The van der Waals surface area contributed by atoms with Gasteiger partial charge in [-0.05, 0) is 36.9 Å². The van der Waals surface area contributed by atoms with E-state index in [0.29, 0.717) is 35.6 Å². The van der Waals surface area contributed by atoms with E-state index in [1.54, 1.807) is 25.0 Å². The van der Waals surface area contributed by atoms with Crippen molar-refractivity contribution in [2.24, 2.45) is 0 Å². The van der Waals surface area contributed by atoms with Gasteiger partial charge < -0.3 is 24.1 Å². The third-order valence-corrected chi connectivity index (χ3v) is 6.07. The van der Waals surface area contributed by atoms with Gasteiger partial charge in [-0.15, -0.1) is 5.10 Å². The maximum absolute atomic E-state index is 5.55. The Labute approximate surface area is 198 Å². The summed E-state index contributed by atoms with van der Waals surface area (Å²) in [5.74, 6) is 3.15. The van der Waals surface area contributed by atoms with Crippen LogP contribution in [0.3, 0.4) is 0 Å². The number of likely N-dealkylation sites (N-methyl/N-ethyl adjacent to an activating group) is 1. The molecule has 0 atom stereocenters. The zero-order valence-corrected chi connectivity index (χ0v) is 19.7. The summed E-state index contributed by atoms with van der Waals surface area (Å²) >= 11 is 0. The van der Waals surface area contributed by atoms with Gasteiger partial charge in [-0.25, -0.2) is 9.97 Å². The van der Waals surface area contributed by atoms with Crippen molar-refractivity contribution in [1.82, 2.24) is 29.4 Å². The van der Waals surface area contributed by atoms with Gasteiger partial charge in [0.05, 0.1) is 20.5 Å². The SMILES string of the molecule is COc1ccc(CNc2ncc(CN3CCN(C)CC3)c3nc(-c4ccco4)nn23)cc1OC. The third-order valence-electron chi connectivity index (χ3n) is 6.07. The lowest BCUT2D eigenvalue weighted by molar-refractivity contribution is 0.148. The number of rotatable bonds is 8. The summed E-state index contributed by atoms with van der Waals surface area (Å²) in [6.07, 6.45) is 3.52. The number of fused-ring (bicyclic) bond motifs is 1. The van der Waals surface area contributed by atoms with Crippen LogP contribution < -0.4 is 14.8 Å². The van der Waals surface area contributed by atoms with Crippen molar-refractivity contribution < 1.29 is 13.9 Å². The average Bonchev–Trinajstić information content (AvgIpc) is 3.55. The zero-order valence-electron chi connectivity index (χ0n) is 19.7. The second-order valence-electron chi connectivity index (χ2n) is 8.38. The first-order valence-corrected chi connectivity index (χ1v) is 11.3. The summed E-state index contributed by atoms with van der Waals surface area (Å²) in [5, 5.41) is 8.10. The summed E-state index contributed by atoms with van der Waals surface area (Å²) < 4.78 is 18.1. The first-order chi connectivity index (χ1) is 16.6. The van der Waals surface area contributed by atoms with Crippen LogP contribution in [0.25, 0.3) is 17.2 Å². The predicted molar refractivity (Wildman–Crippen MR) is 128 cm³/mol. The fourth-order valence-electron chi connectivity index (χ4n) is 4.08. The summed E-state index contributed by atoms with van der Waals surface area (Å²) in [6.45, 7) is 5.45. The highest BCUT2D eigenvalue weighted by Gasteiger charge is 2.20. The van der Waals surface area contributed by atoms with Crippen molar-refractivity contribution in [1.29, 1.82) is 0 Å². The highest BCUT2D eigenvalue weighted by atomic mass is 16.5. The van der Waals surface area contributed by atoms with Crippen LogP contribution >= 0.6 is 0 Å². The van der Waals surface area contributed by atoms with Crippen LogP contribution in [0, 0.1) is 0 Å². The van der Waals surface area contributed by atoms with E-state index < -0.39 is 0 Å². The van der Waals surface area contributed by atoms with Gasteiger partial charge in [0, 0.05) is 51.0 Å². The molecule has 34 heavy (non-hydrogen) atoms. The van der Waals surface area contributed by atoms with Gasteiger partial charge in [0.15, 0.2) is 22.9 Å². The first-order valence-electron chi connectivity index (χ1n) is 11.3. The van der Waals surface area contributed by atoms with Crippen LogP contribution in [0.15, 0.2) is 47.2 Å². The Morgan fingerprint density at radius 3 is 2.62 bits per heavy atom. The highest BCUT2D eigenvalue weighted by Crippen LogP contribution is 2.28. The third kappa shape index (κ3) is 4.55. The number of aromatic nitrogens is 4. The smallest absolute Gasteiger partial charge is 0.226 e. The molecule has 5 rings (SSSR count). The molecule has 0 bridgehead atoms. The fraction of sp³-hybridized carbons (Fsp3) is 0.375. The number of nitrogens with one attached hydrogen (secondary N) is 1. The normalized spacial score (nSPS) is 15.0. The number of methoxy groups -OCH3 is 2. The maximum Gasteiger partial charge on any atom is 0.226 e. The molecule has 1 saturated heterocycles. The van der Waals surface area contributed by atoms with Crippen LogP contribution in [0.4, 0.5) is 5.95 Å². The van der Waals surface area contributed by atoms with Gasteiger partial charge in [-0.3, -0.25) is 4.90 Å². The topological polar surface area (TPSA) is 93.2 Å². The molecule has 178 valence electrons. The lowest BCUT2D eigenvalue weighted by Crippen LogP contribution is -2.43. The Bertz CT molecular complexity index is 1250. The van der Waals surface area contributed by atoms with Gasteiger partial charge in [0.1, 0.15) is 0 Å². The minimum atomic E-state index is 0.534. The van der Waals surface area contributed by atoms with Crippen LogP contribution in [0.5, 0.6) is 11.5 Å². The van der Waals surface area contributed by atoms with Crippen LogP contribution in [-0.2, 0) is 13.1 Å². The molecule has 0 saturated carbocycles. The number of nitrogens with zero attached hydrogens (tertiary/aromatic N) is 6. The minimum Gasteiger partial charge on any atom is -0.493 e. The highest BCUT2D eigenvalue weighted by molar-refractivity contribution is 5.58. The molecule has 3 aromatic heterocycles. The number of hydrogen-bond donors (Lipinski definition) is 1. The lowest BCUT2D eigenvalue weighted by Gasteiger charge is -2.32. The average molecular weight is 464 g/mol. The molecule has 4 heterocycles. The molecule has 10 nitrogen and oxygen atoms in total. The van der Waals surface area contributed by atoms with Gasteiger partial charge in [-0.1, -0.05) is 6.07 Å².